The third-order valence-corrected chi connectivity index (χ3v) is 4.93. The highest BCUT2D eigenvalue weighted by Gasteiger charge is 2.48. The molecule has 2 heterocycles. The van der Waals surface area contributed by atoms with Gasteiger partial charge in [0, 0.05) is 30.1 Å². The number of nitro benzene ring substituents is 1. The SMILES string of the molecule is Cc1ccc(/C(O)=C2/C(=O)C(=O)N(c3ncccn3)C2c2cccc([N+](=O)[O-])c2)cc1. The summed E-state index contributed by atoms with van der Waals surface area (Å²) in [6.07, 6.45) is 2.82. The molecule has 31 heavy (non-hydrogen) atoms. The Balaban J connectivity index is 1.96. The highest BCUT2D eigenvalue weighted by molar-refractivity contribution is 6.51. The normalized spacial score (nSPS) is 17.7. The van der Waals surface area contributed by atoms with E-state index in [2.05, 4.69) is 9.97 Å². The first-order chi connectivity index (χ1) is 14.9. The first-order valence-corrected chi connectivity index (χ1v) is 9.28. The molecule has 1 saturated heterocycles. The van der Waals surface area contributed by atoms with E-state index in [0.29, 0.717) is 5.56 Å². The molecule has 9 heteroatoms. The number of hydrogen-bond donors (Lipinski definition) is 1. The molecule has 1 aliphatic rings. The lowest BCUT2D eigenvalue weighted by Crippen LogP contribution is -2.31. The fourth-order valence-corrected chi connectivity index (χ4v) is 3.45. The first-order valence-electron chi connectivity index (χ1n) is 9.28. The molecule has 0 bridgehead atoms. The van der Waals surface area contributed by atoms with Gasteiger partial charge in [-0.2, -0.15) is 0 Å². The predicted molar refractivity (Wildman–Crippen MR) is 111 cm³/mol. The van der Waals surface area contributed by atoms with E-state index < -0.39 is 22.7 Å². The zero-order chi connectivity index (χ0) is 22.1. The molecular weight excluding hydrogens is 400 g/mol. The zero-order valence-electron chi connectivity index (χ0n) is 16.3. The molecule has 1 atom stereocenters. The van der Waals surface area contributed by atoms with Crippen LogP contribution in [0.1, 0.15) is 22.7 Å². The van der Waals surface area contributed by atoms with Gasteiger partial charge in [0.15, 0.2) is 0 Å². The number of hydrogen-bond acceptors (Lipinski definition) is 7. The number of aromatic nitrogens is 2. The van der Waals surface area contributed by atoms with Crippen molar-refractivity contribution in [3.8, 4) is 0 Å². The number of amides is 1. The maximum absolute atomic E-state index is 13.0. The molecule has 1 N–H and O–H groups in total. The smallest absolute Gasteiger partial charge is 0.302 e. The van der Waals surface area contributed by atoms with Crippen LogP contribution in [0.2, 0.25) is 0 Å². The Hall–Kier alpha value is -4.40. The Kier molecular flexibility index (Phi) is 5.00. The van der Waals surface area contributed by atoms with Crippen LogP contribution < -0.4 is 4.90 Å². The number of non-ortho nitro benzene ring substituents is 1. The minimum Gasteiger partial charge on any atom is -0.507 e. The van der Waals surface area contributed by atoms with E-state index in [0.717, 1.165) is 10.5 Å². The van der Waals surface area contributed by atoms with E-state index in [1.54, 1.807) is 36.4 Å². The van der Waals surface area contributed by atoms with Gasteiger partial charge in [-0.3, -0.25) is 24.6 Å². The van der Waals surface area contributed by atoms with Crippen molar-refractivity contribution in [1.29, 1.82) is 0 Å². The van der Waals surface area contributed by atoms with Crippen molar-refractivity contribution in [3.63, 3.8) is 0 Å². The van der Waals surface area contributed by atoms with Crippen LogP contribution in [0.5, 0.6) is 0 Å². The summed E-state index contributed by atoms with van der Waals surface area (Å²) < 4.78 is 0. The molecule has 1 fully saturated rings. The van der Waals surface area contributed by atoms with Gasteiger partial charge in [0.2, 0.25) is 5.95 Å². The number of Topliss-reactive ketones (excluding diaryl/α,β-unsaturated/α-hetero) is 1. The topological polar surface area (TPSA) is 127 Å². The third-order valence-electron chi connectivity index (χ3n) is 4.93. The number of carbonyl (C=O) groups excluding carboxylic acids is 2. The summed E-state index contributed by atoms with van der Waals surface area (Å²) in [5.74, 6) is -2.30. The van der Waals surface area contributed by atoms with Crippen LogP contribution in [0.3, 0.4) is 0 Å². The molecule has 0 saturated carbocycles. The molecule has 0 spiro atoms. The first kappa shape index (κ1) is 19.9. The van der Waals surface area contributed by atoms with Crippen molar-refractivity contribution in [2.45, 2.75) is 13.0 Å². The number of nitro groups is 1. The lowest BCUT2D eigenvalue weighted by Gasteiger charge is -2.23. The van der Waals surface area contributed by atoms with Gasteiger partial charge in [-0.1, -0.05) is 42.0 Å². The van der Waals surface area contributed by atoms with Gasteiger partial charge in [-0.25, -0.2) is 9.97 Å². The zero-order valence-corrected chi connectivity index (χ0v) is 16.3. The number of aliphatic hydroxyl groups is 1. The van der Waals surface area contributed by atoms with Crippen molar-refractivity contribution >= 4 is 29.1 Å². The van der Waals surface area contributed by atoms with E-state index in [9.17, 15) is 24.8 Å². The number of carbonyl (C=O) groups is 2. The maximum Gasteiger partial charge on any atom is 0.302 e. The monoisotopic (exact) mass is 416 g/mol. The Labute approximate surface area is 176 Å². The molecule has 9 nitrogen and oxygen atoms in total. The van der Waals surface area contributed by atoms with Crippen LogP contribution in [0.4, 0.5) is 11.6 Å². The average molecular weight is 416 g/mol. The Morgan fingerprint density at radius 1 is 1.06 bits per heavy atom. The predicted octanol–water partition coefficient (Wildman–Crippen LogP) is 3.32. The third kappa shape index (κ3) is 3.52. The number of aliphatic hydroxyl groups excluding tert-OH is 1. The largest absolute Gasteiger partial charge is 0.507 e. The van der Waals surface area contributed by atoms with E-state index in [1.807, 2.05) is 6.92 Å². The summed E-state index contributed by atoms with van der Waals surface area (Å²) in [6, 6.07) is 12.7. The molecule has 154 valence electrons. The van der Waals surface area contributed by atoms with Crippen LogP contribution >= 0.6 is 0 Å². The standard InChI is InChI=1S/C22H16N4O5/c1-13-6-8-14(9-7-13)19(27)17-18(15-4-2-5-16(12-15)26(30)31)25(21(29)20(17)28)22-23-10-3-11-24-22/h2-12,18,27H,1H3/b19-17-. The second-order valence-electron chi connectivity index (χ2n) is 6.94. The highest BCUT2D eigenvalue weighted by Crippen LogP contribution is 2.41. The molecule has 2 aromatic carbocycles. The van der Waals surface area contributed by atoms with Gasteiger partial charge in [0.05, 0.1) is 16.5 Å². The summed E-state index contributed by atoms with van der Waals surface area (Å²) in [4.78, 5) is 45.8. The van der Waals surface area contributed by atoms with Crippen LogP contribution in [0.25, 0.3) is 5.76 Å². The number of rotatable bonds is 4. The molecule has 1 aliphatic heterocycles. The number of anilines is 1. The molecular formula is C22H16N4O5. The summed E-state index contributed by atoms with van der Waals surface area (Å²) in [5.41, 5.74) is 1.15. The lowest BCUT2D eigenvalue weighted by molar-refractivity contribution is -0.384. The molecule has 1 unspecified atom stereocenters. The molecule has 4 rings (SSSR count). The quantitative estimate of drug-likeness (QED) is 0.227. The molecule has 0 aliphatic carbocycles. The van der Waals surface area contributed by atoms with Crippen LogP contribution in [-0.2, 0) is 9.59 Å². The van der Waals surface area contributed by atoms with E-state index >= 15 is 0 Å². The van der Waals surface area contributed by atoms with Gasteiger partial charge in [0.25, 0.3) is 11.5 Å². The fraction of sp³-hybridized carbons (Fsp3) is 0.0909. The Bertz CT molecular complexity index is 1220. The fourth-order valence-electron chi connectivity index (χ4n) is 3.45. The van der Waals surface area contributed by atoms with Gasteiger partial charge >= 0.3 is 5.91 Å². The number of benzene rings is 2. The Morgan fingerprint density at radius 3 is 2.39 bits per heavy atom. The second kappa shape index (κ2) is 7.79. The summed E-state index contributed by atoms with van der Waals surface area (Å²) in [7, 11) is 0. The van der Waals surface area contributed by atoms with Crippen LogP contribution in [-0.4, -0.2) is 31.7 Å². The summed E-state index contributed by atoms with van der Waals surface area (Å²) in [6.45, 7) is 1.87. The maximum atomic E-state index is 13.0. The Morgan fingerprint density at radius 2 is 1.74 bits per heavy atom. The van der Waals surface area contributed by atoms with Crippen molar-refractivity contribution in [1.82, 2.24) is 9.97 Å². The minimum atomic E-state index is -1.14. The van der Waals surface area contributed by atoms with Gasteiger partial charge in [-0.15, -0.1) is 0 Å². The highest BCUT2D eigenvalue weighted by atomic mass is 16.6. The molecule has 1 amide bonds. The molecule has 3 aromatic rings. The molecule has 1 aromatic heterocycles. The van der Waals surface area contributed by atoms with Crippen molar-refractivity contribution in [2.24, 2.45) is 0 Å². The van der Waals surface area contributed by atoms with Gasteiger partial charge in [0.1, 0.15) is 5.76 Å². The van der Waals surface area contributed by atoms with E-state index in [-0.39, 0.29) is 28.5 Å². The van der Waals surface area contributed by atoms with E-state index in [4.69, 9.17) is 0 Å². The summed E-state index contributed by atoms with van der Waals surface area (Å²) in [5, 5.41) is 22.3. The van der Waals surface area contributed by atoms with Crippen LogP contribution in [0, 0.1) is 17.0 Å². The van der Waals surface area contributed by atoms with Crippen molar-refractivity contribution in [3.05, 3.63) is 99.4 Å². The van der Waals surface area contributed by atoms with E-state index in [1.165, 1.54) is 30.6 Å². The second-order valence-corrected chi connectivity index (χ2v) is 6.94. The number of ketones is 1. The minimum absolute atomic E-state index is 0.0518. The van der Waals surface area contributed by atoms with Gasteiger partial charge in [-0.05, 0) is 18.6 Å². The molecule has 0 radical (unpaired) electrons. The van der Waals surface area contributed by atoms with Gasteiger partial charge < -0.3 is 5.11 Å². The van der Waals surface area contributed by atoms with Crippen molar-refractivity contribution < 1.29 is 19.6 Å². The number of aryl methyl sites for hydroxylation is 1. The average Bonchev–Trinajstić information content (AvgIpc) is 3.05. The summed E-state index contributed by atoms with van der Waals surface area (Å²) >= 11 is 0. The lowest BCUT2D eigenvalue weighted by atomic mass is 9.95. The van der Waals surface area contributed by atoms with Crippen LogP contribution in [0.15, 0.2) is 72.6 Å². The number of nitrogens with zero attached hydrogens (tertiary/aromatic N) is 4. The van der Waals surface area contributed by atoms with Crippen molar-refractivity contribution in [2.75, 3.05) is 4.90 Å².